The number of carbonyl (C=O) groups excluding carboxylic acids is 1. The van der Waals surface area contributed by atoms with E-state index in [-0.39, 0.29) is 6.03 Å². The van der Waals surface area contributed by atoms with E-state index in [0.29, 0.717) is 29.2 Å². The first kappa shape index (κ1) is 19.6. The third-order valence-electron chi connectivity index (χ3n) is 4.51. The maximum Gasteiger partial charge on any atom is 0.320 e. The minimum atomic E-state index is -0.307. The van der Waals surface area contributed by atoms with E-state index in [1.54, 1.807) is 24.5 Å². The fourth-order valence-corrected chi connectivity index (χ4v) is 2.92. The van der Waals surface area contributed by atoms with Crippen LogP contribution < -0.4 is 21.3 Å². The zero-order chi connectivity index (χ0) is 20.9. The molecule has 1 aliphatic carbocycles. The van der Waals surface area contributed by atoms with Gasteiger partial charge in [-0.2, -0.15) is 0 Å². The molecule has 3 aromatic heterocycles. The van der Waals surface area contributed by atoms with Crippen LogP contribution in [0.25, 0.3) is 22.4 Å². The molecule has 1 aliphatic rings. The number of urea groups is 1. The second kappa shape index (κ2) is 8.73. The lowest BCUT2D eigenvalue weighted by atomic mass is 10.2. The van der Waals surface area contributed by atoms with Gasteiger partial charge in [-0.15, -0.1) is 0 Å². The van der Waals surface area contributed by atoms with Gasteiger partial charge < -0.3 is 16.0 Å². The van der Waals surface area contributed by atoms with Crippen LogP contribution in [-0.4, -0.2) is 39.1 Å². The molecule has 0 spiro atoms. The Morgan fingerprint density at radius 3 is 2.40 bits per heavy atom. The number of nitrogens with zero attached hydrogens (tertiary/aromatic N) is 4. The van der Waals surface area contributed by atoms with Crippen LogP contribution in [0, 0.1) is 0 Å². The van der Waals surface area contributed by atoms with Crippen molar-refractivity contribution in [2.24, 2.45) is 0 Å². The van der Waals surface area contributed by atoms with Crippen molar-refractivity contribution in [2.45, 2.75) is 26.7 Å². The Kier molecular flexibility index (Phi) is 5.69. The van der Waals surface area contributed by atoms with Gasteiger partial charge in [0.2, 0.25) is 0 Å². The molecule has 0 bridgehead atoms. The highest BCUT2D eigenvalue weighted by Crippen LogP contribution is 2.31. The summed E-state index contributed by atoms with van der Waals surface area (Å²) in [6, 6.07) is 7.04. The molecule has 0 radical (unpaired) electrons. The quantitative estimate of drug-likeness (QED) is 0.477. The van der Waals surface area contributed by atoms with E-state index in [1.165, 1.54) is 5.57 Å². The first-order chi connectivity index (χ1) is 14.7. The highest BCUT2D eigenvalue weighted by molar-refractivity contribution is 5.89. The molecule has 0 aromatic carbocycles. The second-order valence-corrected chi connectivity index (χ2v) is 6.84. The standard InChI is InChI=1S/C21H24N8O/c1-3-22-19(13-5-6-13)27-17-9-7-14(11-25-17)16-12-24-15-8-10-18(28-20(15)26-16)29-21(30)23-4-2/h7-12,22H,3-6H2,1-2H3,(H,25,27)(H2,23,26,28,29,30). The first-order valence-corrected chi connectivity index (χ1v) is 10.0. The second-order valence-electron chi connectivity index (χ2n) is 6.84. The van der Waals surface area contributed by atoms with Crippen molar-refractivity contribution in [2.75, 3.05) is 23.7 Å². The highest BCUT2D eigenvalue weighted by Gasteiger charge is 2.18. The van der Waals surface area contributed by atoms with Crippen molar-refractivity contribution in [3.05, 3.63) is 48.1 Å². The van der Waals surface area contributed by atoms with Gasteiger partial charge in [-0.1, -0.05) is 0 Å². The van der Waals surface area contributed by atoms with Gasteiger partial charge in [0.15, 0.2) is 5.65 Å². The Morgan fingerprint density at radius 2 is 1.70 bits per heavy atom. The van der Waals surface area contributed by atoms with Gasteiger partial charge in [-0.3, -0.25) is 10.3 Å². The summed E-state index contributed by atoms with van der Waals surface area (Å²) in [6.45, 7) is 5.32. The summed E-state index contributed by atoms with van der Waals surface area (Å²) in [5, 5.41) is 12.1. The lowest BCUT2D eigenvalue weighted by Gasteiger charge is -2.12. The van der Waals surface area contributed by atoms with Crippen molar-refractivity contribution in [1.29, 1.82) is 0 Å². The molecule has 9 heteroatoms. The van der Waals surface area contributed by atoms with Gasteiger partial charge >= 0.3 is 6.03 Å². The van der Waals surface area contributed by atoms with Crippen LogP contribution in [0.5, 0.6) is 0 Å². The zero-order valence-corrected chi connectivity index (χ0v) is 17.0. The minimum absolute atomic E-state index is 0.307. The molecule has 1 fully saturated rings. The summed E-state index contributed by atoms with van der Waals surface area (Å²) in [4.78, 5) is 29.6. The van der Waals surface area contributed by atoms with E-state index in [4.69, 9.17) is 0 Å². The van der Waals surface area contributed by atoms with E-state index in [1.807, 2.05) is 19.1 Å². The van der Waals surface area contributed by atoms with Crippen LogP contribution >= 0.6 is 0 Å². The number of hydrogen-bond acceptors (Lipinski definition) is 7. The zero-order valence-electron chi connectivity index (χ0n) is 17.0. The molecule has 154 valence electrons. The van der Waals surface area contributed by atoms with Gasteiger partial charge in [0.25, 0.3) is 0 Å². The minimum Gasteiger partial charge on any atom is -0.372 e. The Balaban J connectivity index is 1.53. The summed E-state index contributed by atoms with van der Waals surface area (Å²) < 4.78 is 0. The number of hydrogen-bond donors (Lipinski definition) is 4. The van der Waals surface area contributed by atoms with Crippen LogP contribution in [-0.2, 0) is 0 Å². The van der Waals surface area contributed by atoms with Crippen LogP contribution in [0.15, 0.2) is 48.1 Å². The topological polar surface area (TPSA) is 117 Å². The van der Waals surface area contributed by atoms with Gasteiger partial charge in [-0.25, -0.2) is 19.7 Å². The SMILES string of the molecule is CCNC(=O)Nc1ccc2ncc(-c3ccc(NC(NCC)=C4CC4)nc3)nc2n1. The smallest absolute Gasteiger partial charge is 0.320 e. The largest absolute Gasteiger partial charge is 0.372 e. The third kappa shape index (κ3) is 4.62. The number of amides is 2. The average molecular weight is 404 g/mol. The Morgan fingerprint density at radius 1 is 0.900 bits per heavy atom. The van der Waals surface area contributed by atoms with Crippen LogP contribution in [0.1, 0.15) is 26.7 Å². The maximum atomic E-state index is 11.7. The summed E-state index contributed by atoms with van der Waals surface area (Å²) in [6.07, 6.45) is 5.71. The van der Waals surface area contributed by atoms with E-state index in [9.17, 15) is 4.79 Å². The molecule has 3 aromatic rings. The average Bonchev–Trinajstić information content (AvgIpc) is 3.59. The predicted octanol–water partition coefficient (Wildman–Crippen LogP) is 3.26. The van der Waals surface area contributed by atoms with Gasteiger partial charge in [-0.05, 0) is 56.5 Å². The number of allylic oxidation sites excluding steroid dienone is 1. The lowest BCUT2D eigenvalue weighted by Crippen LogP contribution is -2.28. The van der Waals surface area contributed by atoms with Gasteiger partial charge in [0.05, 0.1) is 11.9 Å². The number of anilines is 2. The van der Waals surface area contributed by atoms with Crippen molar-refractivity contribution in [3.8, 4) is 11.3 Å². The van der Waals surface area contributed by atoms with Gasteiger partial charge in [0.1, 0.15) is 23.0 Å². The highest BCUT2D eigenvalue weighted by atomic mass is 16.2. The molecule has 3 heterocycles. The number of pyridine rings is 2. The van der Waals surface area contributed by atoms with Crippen LogP contribution in [0.4, 0.5) is 16.4 Å². The van der Waals surface area contributed by atoms with Crippen LogP contribution in [0.3, 0.4) is 0 Å². The van der Waals surface area contributed by atoms with Crippen molar-refractivity contribution >= 4 is 28.8 Å². The van der Waals surface area contributed by atoms with Crippen LogP contribution in [0.2, 0.25) is 0 Å². The Bertz CT molecular complexity index is 1090. The molecule has 1 saturated carbocycles. The molecule has 0 aliphatic heterocycles. The van der Waals surface area contributed by atoms with E-state index < -0.39 is 0 Å². The predicted molar refractivity (Wildman–Crippen MR) is 117 cm³/mol. The van der Waals surface area contributed by atoms with Crippen molar-refractivity contribution in [3.63, 3.8) is 0 Å². The molecule has 0 atom stereocenters. The normalized spacial score (nSPS) is 12.4. The summed E-state index contributed by atoms with van der Waals surface area (Å²) in [5.41, 5.74) is 4.00. The fraction of sp³-hybridized carbons (Fsp3) is 0.286. The van der Waals surface area contributed by atoms with E-state index in [2.05, 4.69) is 48.1 Å². The van der Waals surface area contributed by atoms with E-state index >= 15 is 0 Å². The number of carbonyl (C=O) groups is 1. The number of fused-ring (bicyclic) bond motifs is 1. The maximum absolute atomic E-state index is 11.7. The Hall–Kier alpha value is -3.75. The fourth-order valence-electron chi connectivity index (χ4n) is 2.92. The monoisotopic (exact) mass is 404 g/mol. The molecular weight excluding hydrogens is 380 g/mol. The van der Waals surface area contributed by atoms with Crippen molar-refractivity contribution in [1.82, 2.24) is 30.6 Å². The number of aromatic nitrogens is 4. The molecule has 0 saturated heterocycles. The molecule has 30 heavy (non-hydrogen) atoms. The third-order valence-corrected chi connectivity index (χ3v) is 4.51. The first-order valence-electron chi connectivity index (χ1n) is 10.0. The molecule has 9 nitrogen and oxygen atoms in total. The Labute approximate surface area is 174 Å². The number of nitrogens with one attached hydrogen (secondary N) is 4. The molecular formula is C21H24N8O. The number of rotatable bonds is 7. The van der Waals surface area contributed by atoms with Gasteiger partial charge in [0, 0.05) is 24.8 Å². The molecule has 0 unspecified atom stereocenters. The summed E-state index contributed by atoms with van der Waals surface area (Å²) in [7, 11) is 0. The lowest BCUT2D eigenvalue weighted by molar-refractivity contribution is 0.252. The molecule has 4 rings (SSSR count). The summed E-state index contributed by atoms with van der Waals surface area (Å²) >= 11 is 0. The summed E-state index contributed by atoms with van der Waals surface area (Å²) in [5.74, 6) is 2.25. The molecule has 2 amide bonds. The molecule has 4 N–H and O–H groups in total. The van der Waals surface area contributed by atoms with E-state index in [0.717, 1.165) is 36.6 Å². The van der Waals surface area contributed by atoms with Crippen molar-refractivity contribution < 1.29 is 4.79 Å².